The summed E-state index contributed by atoms with van der Waals surface area (Å²) in [5.41, 5.74) is 11.0. The highest BCUT2D eigenvalue weighted by Gasteiger charge is 2.41. The highest BCUT2D eigenvalue weighted by molar-refractivity contribution is 6.02. The standard InChI is InChI=1S/C24H24N6O3/c1-3-22(32)28-11-17(12-28)29-10-16-6-5-15(8-20(16)30(24(29)33)13-21(25)31)23-14(2)4-7-19-18(23)9-26-27-19/h3-9,17H,1,10-13H2,2H3,(H2,25,31)(H,26,27). The van der Waals surface area contributed by atoms with Gasteiger partial charge in [-0.1, -0.05) is 24.8 Å². The quantitative estimate of drug-likeness (QED) is 0.587. The number of nitrogens with two attached hydrogens (primary N) is 1. The summed E-state index contributed by atoms with van der Waals surface area (Å²) in [6.07, 6.45) is 3.06. The number of hydrogen-bond acceptors (Lipinski definition) is 4. The van der Waals surface area contributed by atoms with Gasteiger partial charge in [0.05, 0.1) is 23.4 Å². The number of anilines is 1. The number of primary amides is 1. The Morgan fingerprint density at radius 1 is 1.27 bits per heavy atom. The van der Waals surface area contributed by atoms with Crippen LogP contribution >= 0.6 is 0 Å². The molecule has 2 aliphatic rings. The number of urea groups is 1. The van der Waals surface area contributed by atoms with Crippen LogP contribution in [-0.2, 0) is 16.1 Å². The summed E-state index contributed by atoms with van der Waals surface area (Å²) in [6, 6.07) is 9.56. The van der Waals surface area contributed by atoms with Crippen molar-refractivity contribution in [3.63, 3.8) is 0 Å². The number of likely N-dealkylation sites (tertiary alicyclic amines) is 1. The fraction of sp³-hybridized carbons (Fsp3) is 0.250. The van der Waals surface area contributed by atoms with Gasteiger partial charge in [-0.25, -0.2) is 4.79 Å². The maximum absolute atomic E-state index is 13.4. The predicted octanol–water partition coefficient (Wildman–Crippen LogP) is 2.16. The molecule has 5 rings (SSSR count). The number of amides is 4. The summed E-state index contributed by atoms with van der Waals surface area (Å²) in [5, 5.41) is 8.14. The molecule has 0 atom stereocenters. The largest absolute Gasteiger partial charge is 0.368 e. The molecule has 0 spiro atoms. The number of aryl methyl sites for hydroxylation is 1. The lowest BCUT2D eigenvalue weighted by Crippen LogP contribution is -2.65. The lowest BCUT2D eigenvalue weighted by Gasteiger charge is -2.48. The van der Waals surface area contributed by atoms with Crippen molar-refractivity contribution in [2.45, 2.75) is 19.5 Å². The maximum atomic E-state index is 13.4. The van der Waals surface area contributed by atoms with E-state index >= 15 is 0 Å². The highest BCUT2D eigenvalue weighted by atomic mass is 16.2. The zero-order valence-corrected chi connectivity index (χ0v) is 18.2. The third-order valence-electron chi connectivity index (χ3n) is 6.42. The van der Waals surface area contributed by atoms with Gasteiger partial charge in [0.15, 0.2) is 0 Å². The minimum absolute atomic E-state index is 0.119. The van der Waals surface area contributed by atoms with Crippen molar-refractivity contribution >= 4 is 34.4 Å². The van der Waals surface area contributed by atoms with Crippen molar-refractivity contribution < 1.29 is 14.4 Å². The first kappa shape index (κ1) is 20.7. The Morgan fingerprint density at radius 3 is 2.79 bits per heavy atom. The lowest BCUT2D eigenvalue weighted by molar-refractivity contribution is -0.132. The number of carbonyl (C=O) groups is 3. The number of H-pyrrole nitrogens is 1. The third kappa shape index (κ3) is 3.42. The number of nitrogens with zero attached hydrogens (tertiary/aromatic N) is 4. The van der Waals surface area contributed by atoms with Crippen LogP contribution in [0.25, 0.3) is 22.0 Å². The summed E-state index contributed by atoms with van der Waals surface area (Å²) in [4.78, 5) is 41.8. The molecule has 3 heterocycles. The summed E-state index contributed by atoms with van der Waals surface area (Å²) in [6.45, 7) is 6.60. The van der Waals surface area contributed by atoms with Crippen LogP contribution in [-0.4, -0.2) is 63.5 Å². The van der Waals surface area contributed by atoms with E-state index in [1.165, 1.54) is 11.0 Å². The van der Waals surface area contributed by atoms with Gasteiger partial charge in [-0.2, -0.15) is 5.10 Å². The fourth-order valence-electron chi connectivity index (χ4n) is 4.68. The van der Waals surface area contributed by atoms with Crippen molar-refractivity contribution in [1.29, 1.82) is 0 Å². The van der Waals surface area contributed by atoms with Crippen molar-refractivity contribution in [3.8, 4) is 11.1 Å². The number of aromatic amines is 1. The zero-order valence-electron chi connectivity index (χ0n) is 18.2. The normalized spacial score (nSPS) is 16.0. The van der Waals surface area contributed by atoms with Crippen molar-refractivity contribution in [3.05, 3.63) is 60.3 Å². The Bertz CT molecular complexity index is 1310. The molecular weight excluding hydrogens is 420 g/mol. The Morgan fingerprint density at radius 2 is 2.06 bits per heavy atom. The van der Waals surface area contributed by atoms with E-state index < -0.39 is 5.91 Å². The molecule has 9 heteroatoms. The molecule has 0 radical (unpaired) electrons. The third-order valence-corrected chi connectivity index (χ3v) is 6.42. The van der Waals surface area contributed by atoms with E-state index in [9.17, 15) is 14.4 Å². The van der Waals surface area contributed by atoms with Crippen LogP contribution in [0.15, 0.2) is 49.2 Å². The van der Waals surface area contributed by atoms with Gasteiger partial charge in [-0.3, -0.25) is 19.6 Å². The van der Waals surface area contributed by atoms with Crippen molar-refractivity contribution in [2.24, 2.45) is 5.73 Å². The molecule has 2 aromatic carbocycles. The number of rotatable bonds is 5. The Hall–Kier alpha value is -4.14. The minimum atomic E-state index is -0.591. The van der Waals surface area contributed by atoms with E-state index in [4.69, 9.17) is 5.73 Å². The molecule has 0 saturated carbocycles. The Labute approximate surface area is 190 Å². The van der Waals surface area contributed by atoms with Crippen LogP contribution in [0.5, 0.6) is 0 Å². The molecule has 1 saturated heterocycles. The molecule has 0 bridgehead atoms. The van der Waals surface area contributed by atoms with Gasteiger partial charge in [0.2, 0.25) is 11.8 Å². The highest BCUT2D eigenvalue weighted by Crippen LogP contribution is 2.38. The summed E-state index contributed by atoms with van der Waals surface area (Å²) in [7, 11) is 0. The maximum Gasteiger partial charge on any atom is 0.325 e. The van der Waals surface area contributed by atoms with E-state index in [0.717, 1.165) is 33.2 Å². The molecule has 0 aliphatic carbocycles. The van der Waals surface area contributed by atoms with Crippen LogP contribution in [0, 0.1) is 6.92 Å². The van der Waals surface area contributed by atoms with Crippen LogP contribution in [0.2, 0.25) is 0 Å². The molecule has 2 aliphatic heterocycles. The SMILES string of the molecule is C=CC(=O)N1CC(N2Cc3ccc(-c4c(C)ccc5[nH]ncc45)cc3N(CC(N)=O)C2=O)C1. The first-order valence-corrected chi connectivity index (χ1v) is 10.7. The number of benzene rings is 2. The van der Waals surface area contributed by atoms with Gasteiger partial charge in [0.1, 0.15) is 6.54 Å². The molecule has 4 amide bonds. The lowest BCUT2D eigenvalue weighted by atomic mass is 9.94. The first-order valence-electron chi connectivity index (χ1n) is 10.7. The van der Waals surface area contributed by atoms with E-state index in [2.05, 4.69) is 16.8 Å². The molecule has 33 heavy (non-hydrogen) atoms. The second-order valence-electron chi connectivity index (χ2n) is 8.50. The Kier molecular flexibility index (Phi) is 4.88. The topological polar surface area (TPSA) is 116 Å². The van der Waals surface area contributed by atoms with E-state index in [1.54, 1.807) is 16.0 Å². The molecule has 3 N–H and O–H groups in total. The van der Waals surface area contributed by atoms with Crippen LogP contribution in [0.4, 0.5) is 10.5 Å². The second-order valence-corrected chi connectivity index (χ2v) is 8.50. The van der Waals surface area contributed by atoms with Gasteiger partial charge in [-0.05, 0) is 47.4 Å². The molecule has 3 aromatic rings. The van der Waals surface area contributed by atoms with E-state index in [0.29, 0.717) is 25.3 Å². The van der Waals surface area contributed by atoms with Gasteiger partial charge in [0.25, 0.3) is 0 Å². The van der Waals surface area contributed by atoms with Crippen LogP contribution < -0.4 is 10.6 Å². The number of carbonyl (C=O) groups excluding carboxylic acids is 3. The zero-order chi connectivity index (χ0) is 23.3. The van der Waals surface area contributed by atoms with E-state index in [1.807, 2.05) is 37.3 Å². The monoisotopic (exact) mass is 444 g/mol. The van der Waals surface area contributed by atoms with E-state index in [-0.39, 0.29) is 24.5 Å². The van der Waals surface area contributed by atoms with Crippen molar-refractivity contribution in [2.75, 3.05) is 24.5 Å². The molecule has 168 valence electrons. The molecule has 1 fully saturated rings. The molecular formula is C24H24N6O3. The number of fused-ring (bicyclic) bond motifs is 2. The van der Waals surface area contributed by atoms with Crippen molar-refractivity contribution in [1.82, 2.24) is 20.0 Å². The predicted molar refractivity (Wildman–Crippen MR) is 124 cm³/mol. The van der Waals surface area contributed by atoms with Crippen LogP contribution in [0.1, 0.15) is 11.1 Å². The smallest absolute Gasteiger partial charge is 0.325 e. The summed E-state index contributed by atoms with van der Waals surface area (Å²) < 4.78 is 0. The number of hydrogen-bond donors (Lipinski definition) is 2. The average Bonchev–Trinajstić information content (AvgIpc) is 3.23. The van der Waals surface area contributed by atoms with Gasteiger partial charge in [-0.15, -0.1) is 0 Å². The average molecular weight is 444 g/mol. The van der Waals surface area contributed by atoms with Gasteiger partial charge >= 0.3 is 6.03 Å². The molecule has 0 unspecified atom stereocenters. The molecule has 9 nitrogen and oxygen atoms in total. The minimum Gasteiger partial charge on any atom is -0.368 e. The summed E-state index contributed by atoms with van der Waals surface area (Å²) >= 11 is 0. The number of nitrogens with one attached hydrogen (secondary N) is 1. The Balaban J connectivity index is 1.53. The summed E-state index contributed by atoms with van der Waals surface area (Å²) in [5.74, 6) is -0.745. The van der Waals surface area contributed by atoms with Gasteiger partial charge < -0.3 is 15.5 Å². The fourth-order valence-corrected chi connectivity index (χ4v) is 4.68. The number of aromatic nitrogens is 2. The first-order chi connectivity index (χ1) is 15.9. The van der Waals surface area contributed by atoms with Crippen LogP contribution in [0.3, 0.4) is 0 Å². The van der Waals surface area contributed by atoms with Gasteiger partial charge in [0, 0.05) is 25.0 Å². The molecule has 1 aromatic heterocycles. The second kappa shape index (κ2) is 7.77.